The Hall–Kier alpha value is -1.96. The van der Waals surface area contributed by atoms with Crippen molar-refractivity contribution in [2.45, 2.75) is 26.2 Å². The highest BCUT2D eigenvalue weighted by Gasteiger charge is 2.16. The van der Waals surface area contributed by atoms with Crippen molar-refractivity contribution in [2.24, 2.45) is 0 Å². The molecule has 0 saturated carbocycles. The lowest BCUT2D eigenvalue weighted by atomic mass is 9.99. The summed E-state index contributed by atoms with van der Waals surface area (Å²) in [7, 11) is 0. The maximum absolute atomic E-state index is 5.73. The predicted octanol–water partition coefficient (Wildman–Crippen LogP) is 3.57. The first-order valence-corrected chi connectivity index (χ1v) is 7.41. The number of hydrogen-bond acceptors (Lipinski definition) is 2. The number of hydrogen-bond donors (Lipinski definition) is 1. The Morgan fingerprint density at radius 1 is 1.10 bits per heavy atom. The summed E-state index contributed by atoms with van der Waals surface area (Å²) in [6.45, 7) is 4.43. The third-order valence-corrected chi connectivity index (χ3v) is 4.10. The summed E-state index contributed by atoms with van der Waals surface area (Å²) < 4.78 is 0. The van der Waals surface area contributed by atoms with Gasteiger partial charge in [0.1, 0.15) is 0 Å². The van der Waals surface area contributed by atoms with Gasteiger partial charge in [0.15, 0.2) is 0 Å². The average molecular weight is 266 g/mol. The van der Waals surface area contributed by atoms with Gasteiger partial charge in [-0.1, -0.05) is 29.8 Å². The van der Waals surface area contributed by atoms with Crippen LogP contribution in [0.3, 0.4) is 0 Å². The van der Waals surface area contributed by atoms with E-state index in [9.17, 15) is 0 Å². The van der Waals surface area contributed by atoms with Crippen LogP contribution in [0.2, 0.25) is 0 Å². The van der Waals surface area contributed by atoms with Crippen molar-refractivity contribution >= 4 is 11.4 Å². The quantitative estimate of drug-likeness (QED) is 0.861. The molecule has 104 valence electrons. The second-order valence-electron chi connectivity index (χ2n) is 5.71. The van der Waals surface area contributed by atoms with E-state index in [1.807, 2.05) is 12.1 Å². The van der Waals surface area contributed by atoms with Gasteiger partial charge >= 0.3 is 0 Å². The first-order valence-electron chi connectivity index (χ1n) is 7.41. The number of fused-ring (bicyclic) bond motifs is 1. The SMILES string of the molecule is Cc1ccc2c(c1)CCCN2CCc1ccc(N)cc1. The van der Waals surface area contributed by atoms with Crippen LogP contribution in [-0.2, 0) is 12.8 Å². The Balaban J connectivity index is 1.71. The molecule has 1 heterocycles. The summed E-state index contributed by atoms with van der Waals surface area (Å²) in [5, 5.41) is 0. The Kier molecular flexibility index (Phi) is 3.64. The zero-order valence-corrected chi connectivity index (χ0v) is 12.1. The molecule has 1 aliphatic rings. The van der Waals surface area contributed by atoms with Crippen molar-refractivity contribution in [3.05, 3.63) is 59.2 Å². The molecule has 0 saturated heterocycles. The first kappa shape index (κ1) is 13.0. The van der Waals surface area contributed by atoms with Crippen LogP contribution < -0.4 is 10.6 Å². The summed E-state index contributed by atoms with van der Waals surface area (Å²) in [5.74, 6) is 0. The molecule has 2 aromatic carbocycles. The molecular weight excluding hydrogens is 244 g/mol. The molecule has 0 atom stereocenters. The van der Waals surface area contributed by atoms with E-state index in [1.165, 1.54) is 41.8 Å². The molecule has 3 rings (SSSR count). The number of nitrogens with zero attached hydrogens (tertiary/aromatic N) is 1. The number of nitrogens with two attached hydrogens (primary N) is 1. The van der Waals surface area contributed by atoms with Crippen LogP contribution in [0.1, 0.15) is 23.1 Å². The highest BCUT2D eigenvalue weighted by atomic mass is 15.1. The van der Waals surface area contributed by atoms with E-state index in [4.69, 9.17) is 5.73 Å². The summed E-state index contributed by atoms with van der Waals surface area (Å²) in [4.78, 5) is 2.52. The van der Waals surface area contributed by atoms with Crippen molar-refractivity contribution in [3.63, 3.8) is 0 Å². The van der Waals surface area contributed by atoms with Crippen molar-refractivity contribution < 1.29 is 0 Å². The smallest absolute Gasteiger partial charge is 0.0399 e. The first-order chi connectivity index (χ1) is 9.72. The fourth-order valence-electron chi connectivity index (χ4n) is 2.98. The van der Waals surface area contributed by atoms with E-state index in [2.05, 4.69) is 42.2 Å². The lowest BCUT2D eigenvalue weighted by Crippen LogP contribution is -2.31. The van der Waals surface area contributed by atoms with Crippen LogP contribution in [-0.4, -0.2) is 13.1 Å². The normalized spacial score (nSPS) is 14.2. The zero-order valence-electron chi connectivity index (χ0n) is 12.1. The summed E-state index contributed by atoms with van der Waals surface area (Å²) >= 11 is 0. The van der Waals surface area contributed by atoms with Crippen LogP contribution in [0.15, 0.2) is 42.5 Å². The van der Waals surface area contributed by atoms with E-state index in [0.29, 0.717) is 0 Å². The number of nitrogen functional groups attached to an aromatic ring is 1. The Morgan fingerprint density at radius 2 is 1.90 bits per heavy atom. The van der Waals surface area contributed by atoms with Gasteiger partial charge in [0.05, 0.1) is 0 Å². The highest BCUT2D eigenvalue weighted by molar-refractivity contribution is 5.56. The molecule has 2 aromatic rings. The van der Waals surface area contributed by atoms with Crippen LogP contribution in [0.25, 0.3) is 0 Å². The molecule has 0 amide bonds. The largest absolute Gasteiger partial charge is 0.399 e. The molecule has 0 fully saturated rings. The molecule has 0 spiro atoms. The van der Waals surface area contributed by atoms with Crippen LogP contribution in [0.4, 0.5) is 11.4 Å². The third kappa shape index (κ3) is 2.79. The molecule has 0 unspecified atom stereocenters. The number of benzene rings is 2. The zero-order chi connectivity index (χ0) is 13.9. The fraction of sp³-hybridized carbons (Fsp3) is 0.333. The minimum Gasteiger partial charge on any atom is -0.399 e. The number of anilines is 2. The van der Waals surface area contributed by atoms with E-state index < -0.39 is 0 Å². The van der Waals surface area contributed by atoms with Crippen LogP contribution in [0, 0.1) is 6.92 Å². The fourth-order valence-corrected chi connectivity index (χ4v) is 2.98. The van der Waals surface area contributed by atoms with Gasteiger partial charge < -0.3 is 10.6 Å². The second-order valence-corrected chi connectivity index (χ2v) is 5.71. The van der Waals surface area contributed by atoms with Crippen molar-refractivity contribution in [1.29, 1.82) is 0 Å². The Morgan fingerprint density at radius 3 is 2.70 bits per heavy atom. The molecule has 2 heteroatoms. The molecule has 0 aliphatic carbocycles. The standard InChI is InChI=1S/C18H22N2/c1-14-4-9-18-16(13-14)3-2-11-20(18)12-10-15-5-7-17(19)8-6-15/h4-9,13H,2-3,10-12,19H2,1H3. The minimum atomic E-state index is 0.840. The third-order valence-electron chi connectivity index (χ3n) is 4.10. The van der Waals surface area contributed by atoms with Crippen LogP contribution in [0.5, 0.6) is 0 Å². The molecule has 0 radical (unpaired) electrons. The topological polar surface area (TPSA) is 29.3 Å². The lowest BCUT2D eigenvalue weighted by Gasteiger charge is -2.31. The van der Waals surface area contributed by atoms with E-state index in [0.717, 1.165) is 18.7 Å². The number of rotatable bonds is 3. The van der Waals surface area contributed by atoms with Gasteiger partial charge in [-0.05, 0) is 55.5 Å². The van der Waals surface area contributed by atoms with Gasteiger partial charge in [0.25, 0.3) is 0 Å². The number of aryl methyl sites for hydroxylation is 2. The maximum atomic E-state index is 5.73. The van der Waals surface area contributed by atoms with E-state index in [-0.39, 0.29) is 0 Å². The van der Waals surface area contributed by atoms with E-state index in [1.54, 1.807) is 0 Å². The van der Waals surface area contributed by atoms with Gasteiger partial charge in [0, 0.05) is 24.5 Å². The van der Waals surface area contributed by atoms with Crippen molar-refractivity contribution in [1.82, 2.24) is 0 Å². The highest BCUT2D eigenvalue weighted by Crippen LogP contribution is 2.28. The summed E-state index contributed by atoms with van der Waals surface area (Å²) in [6.07, 6.45) is 3.56. The van der Waals surface area contributed by atoms with Gasteiger partial charge in [-0.25, -0.2) is 0 Å². The van der Waals surface area contributed by atoms with Crippen LogP contribution >= 0.6 is 0 Å². The Labute approximate surface area is 121 Å². The molecule has 0 bridgehead atoms. The minimum absolute atomic E-state index is 0.840. The van der Waals surface area contributed by atoms with Gasteiger partial charge in [-0.15, -0.1) is 0 Å². The molecule has 0 aromatic heterocycles. The lowest BCUT2D eigenvalue weighted by molar-refractivity contribution is 0.687. The van der Waals surface area contributed by atoms with E-state index >= 15 is 0 Å². The molecule has 2 nitrogen and oxygen atoms in total. The van der Waals surface area contributed by atoms with Gasteiger partial charge in [-0.3, -0.25) is 0 Å². The van der Waals surface area contributed by atoms with Crippen molar-refractivity contribution in [3.8, 4) is 0 Å². The second kappa shape index (κ2) is 5.58. The maximum Gasteiger partial charge on any atom is 0.0399 e. The van der Waals surface area contributed by atoms with Gasteiger partial charge in [0.2, 0.25) is 0 Å². The molecule has 20 heavy (non-hydrogen) atoms. The Bertz CT molecular complexity index is 587. The molecule has 2 N–H and O–H groups in total. The summed E-state index contributed by atoms with van der Waals surface area (Å²) in [5.41, 5.74) is 12.2. The van der Waals surface area contributed by atoms with Gasteiger partial charge in [-0.2, -0.15) is 0 Å². The molecular formula is C18H22N2. The monoisotopic (exact) mass is 266 g/mol. The molecule has 1 aliphatic heterocycles. The van der Waals surface area contributed by atoms with Crippen molar-refractivity contribution in [2.75, 3.05) is 23.7 Å². The predicted molar refractivity (Wildman–Crippen MR) is 86.3 cm³/mol. The average Bonchev–Trinajstić information content (AvgIpc) is 2.46. The summed E-state index contributed by atoms with van der Waals surface area (Å²) in [6, 6.07) is 15.1.